The Hall–Kier alpha value is -1.38. The molecule has 5 nitrogen and oxygen atoms in total. The molecule has 0 fully saturated rings. The Morgan fingerprint density at radius 2 is 1.82 bits per heavy atom. The lowest BCUT2D eigenvalue weighted by molar-refractivity contribution is -0.385. The molecule has 0 amide bonds. The third-order valence-corrected chi connectivity index (χ3v) is 2.26. The zero-order valence-electron chi connectivity index (χ0n) is 7.90. The molecule has 0 aromatic heterocycles. The Bertz CT molecular complexity index is 461. The van der Waals surface area contributed by atoms with Gasteiger partial charge in [-0.25, -0.2) is 0 Å². The summed E-state index contributed by atoms with van der Waals surface area (Å²) in [7, 11) is 0. The van der Waals surface area contributed by atoms with Crippen LogP contribution in [0.25, 0.3) is 0 Å². The van der Waals surface area contributed by atoms with Gasteiger partial charge in [0, 0.05) is 11.6 Å². The van der Waals surface area contributed by atoms with Crippen LogP contribution in [0.2, 0.25) is 5.02 Å². The summed E-state index contributed by atoms with van der Waals surface area (Å²) in [5.74, 6) is -4.16. The van der Waals surface area contributed by atoms with Gasteiger partial charge in [0.25, 0.3) is 11.5 Å². The predicted molar refractivity (Wildman–Crippen MR) is 50.3 cm³/mol. The largest absolute Gasteiger partial charge is 0.447 e. The number of aliphatic hydroxyl groups is 2. The zero-order chi connectivity index (χ0) is 13.4. The van der Waals surface area contributed by atoms with Crippen LogP contribution >= 0.6 is 11.6 Å². The number of nitro benzene ring substituents is 1. The first-order chi connectivity index (χ1) is 7.57. The molecular weight excluding hydrogens is 267 g/mol. The SMILES string of the molecule is O=[N+]([O-])c1cc(C(O)(O)C(F)(F)F)ccc1Cl. The number of hydrogen-bond acceptors (Lipinski definition) is 4. The van der Waals surface area contributed by atoms with Crippen LogP contribution in [0.4, 0.5) is 18.9 Å². The third-order valence-electron chi connectivity index (χ3n) is 1.94. The van der Waals surface area contributed by atoms with Crippen molar-refractivity contribution in [1.82, 2.24) is 0 Å². The van der Waals surface area contributed by atoms with Crippen LogP contribution < -0.4 is 0 Å². The zero-order valence-corrected chi connectivity index (χ0v) is 8.66. The summed E-state index contributed by atoms with van der Waals surface area (Å²) in [6.07, 6.45) is -5.38. The molecule has 0 radical (unpaired) electrons. The van der Waals surface area contributed by atoms with E-state index in [-0.39, 0.29) is 0 Å². The Morgan fingerprint density at radius 1 is 1.29 bits per heavy atom. The van der Waals surface area contributed by atoms with Gasteiger partial charge in [-0.2, -0.15) is 13.2 Å². The Kier molecular flexibility index (Phi) is 3.33. The van der Waals surface area contributed by atoms with Gasteiger partial charge in [0.15, 0.2) is 0 Å². The van der Waals surface area contributed by atoms with Crippen LogP contribution in [0.15, 0.2) is 18.2 Å². The second-order valence-corrected chi connectivity index (χ2v) is 3.50. The number of alkyl halides is 3. The molecule has 0 unspecified atom stereocenters. The number of halogens is 4. The minimum Gasteiger partial charge on any atom is -0.355 e. The number of benzene rings is 1. The van der Waals surface area contributed by atoms with Crippen molar-refractivity contribution in [3.8, 4) is 0 Å². The van der Waals surface area contributed by atoms with E-state index >= 15 is 0 Å². The molecule has 0 atom stereocenters. The summed E-state index contributed by atoms with van der Waals surface area (Å²) in [5, 5.41) is 27.8. The second kappa shape index (κ2) is 4.13. The monoisotopic (exact) mass is 271 g/mol. The van der Waals surface area contributed by atoms with Crippen molar-refractivity contribution in [1.29, 1.82) is 0 Å². The maximum atomic E-state index is 12.2. The molecule has 0 aliphatic carbocycles. The Morgan fingerprint density at radius 3 is 2.24 bits per heavy atom. The molecule has 0 bridgehead atoms. The highest BCUT2D eigenvalue weighted by Crippen LogP contribution is 2.38. The van der Waals surface area contributed by atoms with E-state index in [4.69, 9.17) is 21.8 Å². The van der Waals surface area contributed by atoms with Gasteiger partial charge in [0.1, 0.15) is 5.02 Å². The van der Waals surface area contributed by atoms with E-state index in [1.165, 1.54) is 0 Å². The van der Waals surface area contributed by atoms with Crippen molar-refractivity contribution in [2.45, 2.75) is 12.0 Å². The fraction of sp³-hybridized carbons (Fsp3) is 0.250. The molecule has 2 N–H and O–H groups in total. The molecule has 9 heteroatoms. The first-order valence-electron chi connectivity index (χ1n) is 4.03. The minimum atomic E-state index is -5.38. The Balaban J connectivity index is 3.35. The van der Waals surface area contributed by atoms with Crippen molar-refractivity contribution in [3.05, 3.63) is 38.9 Å². The van der Waals surface area contributed by atoms with Crippen molar-refractivity contribution >= 4 is 17.3 Å². The highest BCUT2D eigenvalue weighted by molar-refractivity contribution is 6.32. The topological polar surface area (TPSA) is 83.6 Å². The summed E-state index contributed by atoms with van der Waals surface area (Å²) in [6, 6.07) is 1.78. The molecule has 1 aromatic rings. The Labute approximate surface area is 97.2 Å². The van der Waals surface area contributed by atoms with Crippen LogP contribution in [0.5, 0.6) is 0 Å². The van der Waals surface area contributed by atoms with E-state index in [2.05, 4.69) is 0 Å². The first kappa shape index (κ1) is 13.7. The molecular formula is C8H5ClF3NO4. The number of rotatable bonds is 2. The smallest absolute Gasteiger partial charge is 0.355 e. The lowest BCUT2D eigenvalue weighted by Crippen LogP contribution is -2.42. The summed E-state index contributed by atoms with van der Waals surface area (Å²) < 4.78 is 36.7. The van der Waals surface area contributed by atoms with Gasteiger partial charge < -0.3 is 10.2 Å². The maximum Gasteiger partial charge on any atom is 0.447 e. The van der Waals surface area contributed by atoms with Gasteiger partial charge in [-0.1, -0.05) is 17.7 Å². The van der Waals surface area contributed by atoms with Gasteiger partial charge in [-0.15, -0.1) is 0 Å². The molecule has 94 valence electrons. The van der Waals surface area contributed by atoms with Gasteiger partial charge in [0.05, 0.1) is 4.92 Å². The molecule has 0 aliphatic rings. The summed E-state index contributed by atoms with van der Waals surface area (Å²) in [4.78, 5) is 9.40. The molecule has 0 aliphatic heterocycles. The van der Waals surface area contributed by atoms with Gasteiger partial charge >= 0.3 is 6.18 Å². The fourth-order valence-corrected chi connectivity index (χ4v) is 1.22. The highest BCUT2D eigenvalue weighted by Gasteiger charge is 2.54. The summed E-state index contributed by atoms with van der Waals surface area (Å²) in [5.41, 5.74) is -1.93. The van der Waals surface area contributed by atoms with E-state index in [0.29, 0.717) is 12.1 Å². The molecule has 17 heavy (non-hydrogen) atoms. The van der Waals surface area contributed by atoms with E-state index < -0.39 is 33.2 Å². The van der Waals surface area contributed by atoms with E-state index in [1.54, 1.807) is 0 Å². The number of nitro groups is 1. The number of nitrogens with zero attached hydrogens (tertiary/aromatic N) is 1. The third kappa shape index (κ3) is 2.48. The van der Waals surface area contributed by atoms with Gasteiger partial charge in [-0.3, -0.25) is 10.1 Å². The van der Waals surface area contributed by atoms with Crippen molar-refractivity contribution in [2.75, 3.05) is 0 Å². The normalized spacial score (nSPS) is 12.6. The minimum absolute atomic E-state index is 0.357. The van der Waals surface area contributed by atoms with Crippen LogP contribution in [0.1, 0.15) is 5.56 Å². The highest BCUT2D eigenvalue weighted by atomic mass is 35.5. The van der Waals surface area contributed by atoms with Crippen molar-refractivity contribution in [3.63, 3.8) is 0 Å². The fourth-order valence-electron chi connectivity index (χ4n) is 1.03. The molecule has 1 aromatic carbocycles. The maximum absolute atomic E-state index is 12.2. The lowest BCUT2D eigenvalue weighted by atomic mass is 10.0. The number of hydrogen-bond donors (Lipinski definition) is 2. The van der Waals surface area contributed by atoms with Gasteiger partial charge in [-0.05, 0) is 6.07 Å². The molecule has 1 rings (SSSR count). The molecule has 0 saturated carbocycles. The van der Waals surface area contributed by atoms with Crippen molar-refractivity contribution in [2.24, 2.45) is 0 Å². The van der Waals surface area contributed by atoms with Crippen LogP contribution in [0, 0.1) is 10.1 Å². The predicted octanol–water partition coefficient (Wildman–Crippen LogP) is 1.95. The molecule has 0 heterocycles. The quantitative estimate of drug-likeness (QED) is 0.489. The van der Waals surface area contributed by atoms with Crippen LogP contribution in [-0.2, 0) is 5.79 Å². The van der Waals surface area contributed by atoms with E-state index in [1.807, 2.05) is 0 Å². The van der Waals surface area contributed by atoms with Crippen molar-refractivity contribution < 1.29 is 28.3 Å². The van der Waals surface area contributed by atoms with E-state index in [9.17, 15) is 23.3 Å². The molecule has 0 saturated heterocycles. The van der Waals surface area contributed by atoms with Crippen LogP contribution in [0.3, 0.4) is 0 Å². The average Bonchev–Trinajstić information content (AvgIpc) is 2.15. The van der Waals surface area contributed by atoms with Crippen LogP contribution in [-0.4, -0.2) is 21.3 Å². The summed E-state index contributed by atoms with van der Waals surface area (Å²) >= 11 is 5.37. The average molecular weight is 272 g/mol. The van der Waals surface area contributed by atoms with E-state index in [0.717, 1.165) is 6.07 Å². The summed E-state index contributed by atoms with van der Waals surface area (Å²) in [6.45, 7) is 0. The van der Waals surface area contributed by atoms with Gasteiger partial charge in [0.2, 0.25) is 0 Å². The lowest BCUT2D eigenvalue weighted by Gasteiger charge is -2.24. The molecule has 0 spiro atoms. The standard InChI is InChI=1S/C8H5ClF3NO4/c9-5-2-1-4(3-6(5)13(16)17)7(14,15)8(10,11)12/h1-3,14-15H. The first-order valence-corrected chi connectivity index (χ1v) is 4.41. The second-order valence-electron chi connectivity index (χ2n) is 3.09.